The van der Waals surface area contributed by atoms with E-state index in [1.165, 1.54) is 13.0 Å². The highest BCUT2D eigenvalue weighted by Gasteiger charge is 2.21. The lowest BCUT2D eigenvalue weighted by molar-refractivity contribution is 0.00317. The molecule has 0 saturated heterocycles. The van der Waals surface area contributed by atoms with E-state index in [1.807, 2.05) is 0 Å². The minimum absolute atomic E-state index is 0.141. The predicted molar refractivity (Wildman–Crippen MR) is 72.5 cm³/mol. The van der Waals surface area contributed by atoms with Crippen molar-refractivity contribution >= 4 is 16.9 Å². The molecule has 1 aromatic heterocycles. The van der Waals surface area contributed by atoms with Crippen LogP contribution in [0.25, 0.3) is 11.0 Å². The molecule has 2 aromatic rings. The molecule has 6 nitrogen and oxygen atoms in total. The number of amides is 1. The Morgan fingerprint density at radius 1 is 1.40 bits per heavy atom. The summed E-state index contributed by atoms with van der Waals surface area (Å²) in [6.45, 7) is 0.699. The number of hydrogen-bond donors (Lipinski definition) is 3. The monoisotopic (exact) mass is 277 g/mol. The quantitative estimate of drug-likeness (QED) is 0.696. The van der Waals surface area contributed by atoms with Crippen molar-refractivity contribution in [2.45, 2.75) is 12.5 Å². The molecule has 1 atom stereocenters. The summed E-state index contributed by atoms with van der Waals surface area (Å²) < 4.78 is 5.04. The van der Waals surface area contributed by atoms with Crippen molar-refractivity contribution in [1.82, 2.24) is 5.32 Å². The van der Waals surface area contributed by atoms with E-state index in [0.29, 0.717) is 11.0 Å². The Bertz CT molecular complexity index is 689. The maximum Gasteiger partial charge on any atom is 0.349 e. The summed E-state index contributed by atoms with van der Waals surface area (Å²) in [7, 11) is 0. The van der Waals surface area contributed by atoms with Crippen LogP contribution in [-0.2, 0) is 0 Å². The van der Waals surface area contributed by atoms with Crippen LogP contribution >= 0.6 is 0 Å². The molecule has 1 amide bonds. The van der Waals surface area contributed by atoms with Crippen LogP contribution in [-0.4, -0.2) is 34.9 Å². The molecule has 1 aromatic carbocycles. The second kappa shape index (κ2) is 5.44. The molecule has 0 fully saturated rings. The molecule has 0 spiro atoms. The molecule has 1 heterocycles. The average molecular weight is 277 g/mol. The highest BCUT2D eigenvalue weighted by Crippen LogP contribution is 2.12. The zero-order valence-electron chi connectivity index (χ0n) is 10.9. The minimum atomic E-state index is -1.44. The predicted octanol–water partition coefficient (Wildman–Crippen LogP) is 0.266. The second-order valence-electron chi connectivity index (χ2n) is 4.82. The lowest BCUT2D eigenvalue weighted by Crippen LogP contribution is -2.44. The summed E-state index contributed by atoms with van der Waals surface area (Å²) in [5.74, 6) is -0.654. The number of carbonyl (C=O) groups excluding carboxylic acids is 1. The number of fused-ring (bicyclic) bond motifs is 1. The van der Waals surface area contributed by atoms with E-state index in [1.54, 1.807) is 24.3 Å². The Balaban J connectivity index is 2.26. The molecule has 20 heavy (non-hydrogen) atoms. The van der Waals surface area contributed by atoms with Crippen LogP contribution in [0.1, 0.15) is 17.3 Å². The van der Waals surface area contributed by atoms with Crippen molar-refractivity contribution in [2.24, 2.45) is 0 Å². The van der Waals surface area contributed by atoms with E-state index in [2.05, 4.69) is 5.32 Å². The van der Waals surface area contributed by atoms with E-state index in [9.17, 15) is 14.7 Å². The van der Waals surface area contributed by atoms with Gasteiger partial charge in [0.2, 0.25) is 0 Å². The number of hydrogen-bond acceptors (Lipinski definition) is 5. The van der Waals surface area contributed by atoms with E-state index >= 15 is 0 Å². The zero-order valence-corrected chi connectivity index (χ0v) is 10.9. The first-order valence-electron chi connectivity index (χ1n) is 6.07. The zero-order chi connectivity index (χ0) is 14.8. The third kappa shape index (κ3) is 3.04. The number of aliphatic hydroxyl groups excluding tert-OH is 1. The molecule has 0 saturated carbocycles. The van der Waals surface area contributed by atoms with Gasteiger partial charge in [-0.25, -0.2) is 4.79 Å². The number of nitrogens with one attached hydrogen (secondary N) is 1. The number of para-hydroxylation sites is 1. The average Bonchev–Trinajstić information content (AvgIpc) is 2.44. The molecule has 0 bridgehead atoms. The van der Waals surface area contributed by atoms with Gasteiger partial charge in [0, 0.05) is 11.9 Å². The Labute approximate surface area is 114 Å². The molecule has 1 unspecified atom stereocenters. The lowest BCUT2D eigenvalue weighted by atomic mass is 10.1. The van der Waals surface area contributed by atoms with Crippen molar-refractivity contribution in [2.75, 3.05) is 13.2 Å². The summed E-state index contributed by atoms with van der Waals surface area (Å²) >= 11 is 0. The van der Waals surface area contributed by atoms with Crippen LogP contribution in [0.15, 0.2) is 39.5 Å². The van der Waals surface area contributed by atoms with Gasteiger partial charge < -0.3 is 19.9 Å². The van der Waals surface area contributed by atoms with Crippen LogP contribution in [0.5, 0.6) is 0 Å². The van der Waals surface area contributed by atoms with Crippen molar-refractivity contribution < 1.29 is 19.4 Å². The fourth-order valence-corrected chi connectivity index (χ4v) is 1.64. The van der Waals surface area contributed by atoms with Gasteiger partial charge in [-0.05, 0) is 19.1 Å². The van der Waals surface area contributed by atoms with E-state index in [4.69, 9.17) is 9.52 Å². The fourth-order valence-electron chi connectivity index (χ4n) is 1.64. The number of benzene rings is 1. The second-order valence-corrected chi connectivity index (χ2v) is 4.82. The van der Waals surface area contributed by atoms with Gasteiger partial charge in [-0.3, -0.25) is 4.79 Å². The van der Waals surface area contributed by atoms with Crippen LogP contribution in [0.2, 0.25) is 0 Å². The molecule has 0 aliphatic rings. The molecule has 3 N–H and O–H groups in total. The van der Waals surface area contributed by atoms with Gasteiger partial charge in [0.25, 0.3) is 5.91 Å². The Morgan fingerprint density at radius 3 is 2.80 bits per heavy atom. The number of rotatable bonds is 4. The summed E-state index contributed by atoms with van der Waals surface area (Å²) in [5.41, 5.74) is -1.93. The third-order valence-corrected chi connectivity index (χ3v) is 2.86. The van der Waals surface area contributed by atoms with Gasteiger partial charge in [0.1, 0.15) is 16.7 Å². The maximum absolute atomic E-state index is 11.9. The van der Waals surface area contributed by atoms with Gasteiger partial charge >= 0.3 is 5.63 Å². The van der Waals surface area contributed by atoms with Crippen LogP contribution < -0.4 is 10.9 Å². The molecule has 0 aliphatic carbocycles. The molecular formula is C14H15NO5. The molecule has 0 aliphatic heterocycles. The van der Waals surface area contributed by atoms with Crippen molar-refractivity contribution in [1.29, 1.82) is 0 Å². The Morgan fingerprint density at radius 2 is 2.10 bits per heavy atom. The molecule has 106 valence electrons. The first-order valence-corrected chi connectivity index (χ1v) is 6.07. The third-order valence-electron chi connectivity index (χ3n) is 2.86. The largest absolute Gasteiger partial charge is 0.422 e. The normalized spacial score (nSPS) is 13.9. The van der Waals surface area contributed by atoms with E-state index in [0.717, 1.165) is 0 Å². The van der Waals surface area contributed by atoms with Gasteiger partial charge in [-0.15, -0.1) is 0 Å². The lowest BCUT2D eigenvalue weighted by Gasteiger charge is -2.20. The summed E-state index contributed by atoms with van der Waals surface area (Å²) in [6.07, 6.45) is 0. The Kier molecular flexibility index (Phi) is 3.87. The number of aliphatic hydroxyl groups is 2. The van der Waals surface area contributed by atoms with Crippen LogP contribution in [0.3, 0.4) is 0 Å². The topological polar surface area (TPSA) is 99.8 Å². The van der Waals surface area contributed by atoms with Crippen molar-refractivity contribution in [3.63, 3.8) is 0 Å². The summed E-state index contributed by atoms with van der Waals surface area (Å²) in [5, 5.41) is 21.5. The fraction of sp³-hybridized carbons (Fsp3) is 0.286. The highest BCUT2D eigenvalue weighted by atomic mass is 16.4. The summed E-state index contributed by atoms with van der Waals surface area (Å²) in [6, 6.07) is 8.28. The highest BCUT2D eigenvalue weighted by molar-refractivity contribution is 5.96. The first-order chi connectivity index (χ1) is 9.43. The van der Waals surface area contributed by atoms with Crippen molar-refractivity contribution in [3.05, 3.63) is 46.3 Å². The molecule has 0 radical (unpaired) electrons. The SMILES string of the molecule is CC(O)(CO)CNC(=O)c1cc2ccccc2oc1=O. The van der Waals surface area contributed by atoms with Crippen LogP contribution in [0.4, 0.5) is 0 Å². The van der Waals surface area contributed by atoms with E-state index < -0.39 is 23.7 Å². The molecular weight excluding hydrogens is 262 g/mol. The van der Waals surface area contributed by atoms with E-state index in [-0.39, 0.29) is 12.1 Å². The number of carbonyl (C=O) groups is 1. The van der Waals surface area contributed by atoms with Gasteiger partial charge in [0.15, 0.2) is 0 Å². The van der Waals surface area contributed by atoms with Crippen LogP contribution in [0, 0.1) is 0 Å². The minimum Gasteiger partial charge on any atom is -0.422 e. The first kappa shape index (κ1) is 14.2. The molecule has 2 rings (SSSR count). The van der Waals surface area contributed by atoms with Crippen molar-refractivity contribution in [3.8, 4) is 0 Å². The van der Waals surface area contributed by atoms with Gasteiger partial charge in [-0.1, -0.05) is 18.2 Å². The smallest absolute Gasteiger partial charge is 0.349 e. The maximum atomic E-state index is 11.9. The standard InChI is InChI=1S/C14H15NO5/c1-14(19,8-16)7-15-12(17)10-6-9-4-2-3-5-11(9)20-13(10)18/h2-6,16,19H,7-8H2,1H3,(H,15,17). The van der Waals surface area contributed by atoms with Gasteiger partial charge in [-0.2, -0.15) is 0 Å². The summed E-state index contributed by atoms with van der Waals surface area (Å²) in [4.78, 5) is 23.6. The Hall–Kier alpha value is -2.18. The molecule has 6 heteroatoms. The van der Waals surface area contributed by atoms with Gasteiger partial charge in [0.05, 0.1) is 6.61 Å².